The summed E-state index contributed by atoms with van der Waals surface area (Å²) in [4.78, 5) is 0. The largest absolute Gasteiger partial charge is 0.487 e. The van der Waals surface area contributed by atoms with Crippen molar-refractivity contribution in [3.05, 3.63) is 29.6 Å². The van der Waals surface area contributed by atoms with Gasteiger partial charge in [0.2, 0.25) is 0 Å². The van der Waals surface area contributed by atoms with Crippen molar-refractivity contribution in [2.24, 2.45) is 0 Å². The Morgan fingerprint density at radius 1 is 1.18 bits per heavy atom. The normalized spacial score (nSPS) is 21.2. The van der Waals surface area contributed by atoms with Crippen LogP contribution in [0.25, 0.3) is 0 Å². The molecular formula is C13H17ClFNO. The molecule has 0 amide bonds. The molecule has 1 aromatic carbocycles. The van der Waals surface area contributed by atoms with Crippen LogP contribution in [0.15, 0.2) is 18.2 Å². The maximum Gasteiger partial charge on any atom is 0.130 e. The van der Waals surface area contributed by atoms with Crippen molar-refractivity contribution in [2.45, 2.75) is 31.3 Å². The monoisotopic (exact) mass is 257 g/mol. The Morgan fingerprint density at radius 2 is 1.94 bits per heavy atom. The Kier molecular flexibility index (Phi) is 3.59. The van der Waals surface area contributed by atoms with Gasteiger partial charge in [-0.15, -0.1) is 12.4 Å². The molecule has 3 rings (SSSR count). The third kappa shape index (κ3) is 2.26. The molecule has 1 spiro atoms. The summed E-state index contributed by atoms with van der Waals surface area (Å²) in [5.74, 6) is 0.634. The molecule has 0 saturated carbocycles. The van der Waals surface area contributed by atoms with Crippen LogP contribution in [-0.2, 0) is 6.42 Å². The Balaban J connectivity index is 0.00000108. The van der Waals surface area contributed by atoms with Crippen LogP contribution < -0.4 is 10.1 Å². The van der Waals surface area contributed by atoms with Crippen LogP contribution in [0.2, 0.25) is 0 Å². The Hall–Kier alpha value is -0.800. The van der Waals surface area contributed by atoms with Crippen molar-refractivity contribution >= 4 is 12.4 Å². The molecule has 1 saturated heterocycles. The summed E-state index contributed by atoms with van der Waals surface area (Å²) in [5, 5.41) is 3.34. The van der Waals surface area contributed by atoms with E-state index in [1.807, 2.05) is 6.07 Å². The van der Waals surface area contributed by atoms with Gasteiger partial charge in [0.1, 0.15) is 17.2 Å². The van der Waals surface area contributed by atoms with E-state index in [2.05, 4.69) is 5.32 Å². The quantitative estimate of drug-likeness (QED) is 0.772. The second kappa shape index (κ2) is 4.83. The van der Waals surface area contributed by atoms with Crippen LogP contribution in [0.4, 0.5) is 4.39 Å². The predicted molar refractivity (Wildman–Crippen MR) is 67.4 cm³/mol. The molecule has 2 heterocycles. The van der Waals surface area contributed by atoms with Crippen molar-refractivity contribution in [1.82, 2.24) is 5.32 Å². The topological polar surface area (TPSA) is 21.3 Å². The SMILES string of the molecule is Cl.Fc1cccc2c1CCC1(CCNCC1)O2. The number of fused-ring (bicyclic) bond motifs is 1. The highest BCUT2D eigenvalue weighted by atomic mass is 35.5. The Bertz CT molecular complexity index is 404. The van der Waals surface area contributed by atoms with Gasteiger partial charge in [0.25, 0.3) is 0 Å². The minimum atomic E-state index is -0.124. The van der Waals surface area contributed by atoms with Crippen LogP contribution >= 0.6 is 12.4 Å². The summed E-state index contributed by atoms with van der Waals surface area (Å²) in [7, 11) is 0. The third-order valence-electron chi connectivity index (χ3n) is 3.75. The summed E-state index contributed by atoms with van der Waals surface area (Å²) >= 11 is 0. The van der Waals surface area contributed by atoms with Crippen molar-refractivity contribution < 1.29 is 9.13 Å². The lowest BCUT2D eigenvalue weighted by atomic mass is 9.83. The second-order valence-corrected chi connectivity index (χ2v) is 4.75. The lowest BCUT2D eigenvalue weighted by Gasteiger charge is -2.41. The molecule has 1 N–H and O–H groups in total. The highest BCUT2D eigenvalue weighted by molar-refractivity contribution is 5.85. The Morgan fingerprint density at radius 3 is 2.71 bits per heavy atom. The summed E-state index contributed by atoms with van der Waals surface area (Å²) in [5.41, 5.74) is 0.720. The van der Waals surface area contributed by atoms with E-state index < -0.39 is 0 Å². The minimum absolute atomic E-state index is 0. The van der Waals surface area contributed by atoms with Crippen molar-refractivity contribution in [3.8, 4) is 5.75 Å². The molecule has 4 heteroatoms. The van der Waals surface area contributed by atoms with Crippen LogP contribution in [-0.4, -0.2) is 18.7 Å². The van der Waals surface area contributed by atoms with Gasteiger partial charge < -0.3 is 10.1 Å². The zero-order valence-corrected chi connectivity index (χ0v) is 10.5. The fourth-order valence-corrected chi connectivity index (χ4v) is 2.75. The zero-order chi connectivity index (χ0) is 11.0. The van der Waals surface area contributed by atoms with Gasteiger partial charge >= 0.3 is 0 Å². The van der Waals surface area contributed by atoms with Gasteiger partial charge in [0, 0.05) is 5.56 Å². The molecular weight excluding hydrogens is 241 g/mol. The number of nitrogens with one attached hydrogen (secondary N) is 1. The molecule has 0 atom stereocenters. The molecule has 94 valence electrons. The van der Waals surface area contributed by atoms with E-state index in [1.165, 1.54) is 6.07 Å². The minimum Gasteiger partial charge on any atom is -0.487 e. The third-order valence-corrected chi connectivity index (χ3v) is 3.75. The number of hydrogen-bond donors (Lipinski definition) is 1. The molecule has 1 aromatic rings. The van der Waals surface area contributed by atoms with E-state index >= 15 is 0 Å². The van der Waals surface area contributed by atoms with Crippen molar-refractivity contribution in [3.63, 3.8) is 0 Å². The molecule has 0 aromatic heterocycles. The number of piperidine rings is 1. The molecule has 0 unspecified atom stereocenters. The lowest BCUT2D eigenvalue weighted by molar-refractivity contribution is 0.0161. The van der Waals surface area contributed by atoms with Crippen LogP contribution in [0.1, 0.15) is 24.8 Å². The first-order valence-electron chi connectivity index (χ1n) is 5.96. The van der Waals surface area contributed by atoms with Gasteiger partial charge in [-0.25, -0.2) is 4.39 Å². The second-order valence-electron chi connectivity index (χ2n) is 4.75. The van der Waals surface area contributed by atoms with E-state index in [-0.39, 0.29) is 23.8 Å². The molecule has 0 aliphatic carbocycles. The molecule has 1 fully saturated rings. The van der Waals surface area contributed by atoms with Crippen LogP contribution in [0.5, 0.6) is 5.75 Å². The fraction of sp³-hybridized carbons (Fsp3) is 0.538. The maximum atomic E-state index is 13.5. The van der Waals surface area contributed by atoms with E-state index in [9.17, 15) is 4.39 Å². The van der Waals surface area contributed by atoms with E-state index in [0.717, 1.165) is 50.1 Å². The van der Waals surface area contributed by atoms with E-state index in [0.29, 0.717) is 0 Å². The number of ether oxygens (including phenoxy) is 1. The van der Waals surface area contributed by atoms with Gasteiger partial charge in [0.15, 0.2) is 0 Å². The Labute approximate surface area is 107 Å². The first-order chi connectivity index (χ1) is 7.79. The highest BCUT2D eigenvalue weighted by Gasteiger charge is 2.37. The molecule has 2 aliphatic rings. The predicted octanol–water partition coefficient (Wildman–Crippen LogP) is 2.69. The molecule has 17 heavy (non-hydrogen) atoms. The first-order valence-corrected chi connectivity index (χ1v) is 5.96. The van der Waals surface area contributed by atoms with Gasteiger partial charge in [-0.05, 0) is 50.9 Å². The van der Waals surface area contributed by atoms with E-state index in [1.54, 1.807) is 6.07 Å². The van der Waals surface area contributed by atoms with Crippen molar-refractivity contribution in [1.29, 1.82) is 0 Å². The number of hydrogen-bond acceptors (Lipinski definition) is 2. The van der Waals surface area contributed by atoms with Crippen LogP contribution in [0, 0.1) is 5.82 Å². The smallest absolute Gasteiger partial charge is 0.130 e. The first kappa shape index (κ1) is 12.7. The van der Waals surface area contributed by atoms with Gasteiger partial charge in [-0.3, -0.25) is 0 Å². The summed E-state index contributed by atoms with van der Waals surface area (Å²) in [6.45, 7) is 2.01. The summed E-state index contributed by atoms with van der Waals surface area (Å²) < 4.78 is 19.6. The average Bonchev–Trinajstić information content (AvgIpc) is 2.30. The van der Waals surface area contributed by atoms with E-state index in [4.69, 9.17) is 4.74 Å². The van der Waals surface area contributed by atoms with Crippen LogP contribution in [0.3, 0.4) is 0 Å². The lowest BCUT2D eigenvalue weighted by Crippen LogP contribution is -2.48. The molecule has 2 nitrogen and oxygen atoms in total. The van der Waals surface area contributed by atoms with Gasteiger partial charge in [-0.1, -0.05) is 6.07 Å². The summed E-state index contributed by atoms with van der Waals surface area (Å²) in [6, 6.07) is 5.14. The van der Waals surface area contributed by atoms with Gasteiger partial charge in [-0.2, -0.15) is 0 Å². The number of halogens is 2. The number of benzene rings is 1. The molecule has 2 aliphatic heterocycles. The van der Waals surface area contributed by atoms with Gasteiger partial charge in [0.05, 0.1) is 0 Å². The highest BCUT2D eigenvalue weighted by Crippen LogP contribution is 2.38. The van der Waals surface area contributed by atoms with Crippen molar-refractivity contribution in [2.75, 3.05) is 13.1 Å². The zero-order valence-electron chi connectivity index (χ0n) is 9.67. The average molecular weight is 258 g/mol. The number of rotatable bonds is 0. The fourth-order valence-electron chi connectivity index (χ4n) is 2.75. The molecule has 0 radical (unpaired) electrons. The molecule has 0 bridgehead atoms. The standard InChI is InChI=1S/C13H16FNO.ClH/c14-11-2-1-3-12-10(11)4-5-13(16-12)6-8-15-9-7-13;/h1-3,15H,4-9H2;1H. The maximum absolute atomic E-state index is 13.5. The summed E-state index contributed by atoms with van der Waals surface area (Å²) in [6.07, 6.45) is 3.82.